The second-order valence-corrected chi connectivity index (χ2v) is 7.62. The first-order chi connectivity index (χ1) is 9.80. The average Bonchev–Trinajstić information content (AvgIpc) is 2.45. The van der Waals surface area contributed by atoms with Crippen LogP contribution in [-0.2, 0) is 14.6 Å². The van der Waals surface area contributed by atoms with Gasteiger partial charge in [0.1, 0.15) is 6.04 Å². The molecule has 1 saturated heterocycles. The number of sulfone groups is 1. The number of carboxylic acid groups (broad SMARTS) is 1. The molecule has 2 rings (SSSR count). The van der Waals surface area contributed by atoms with Crippen LogP contribution < -0.4 is 0 Å². The lowest BCUT2D eigenvalue weighted by Crippen LogP contribution is -2.45. The molecule has 0 aliphatic carbocycles. The highest BCUT2D eigenvalue weighted by Crippen LogP contribution is 2.29. The molecule has 2 atom stereocenters. The minimum absolute atomic E-state index is 0.0417. The van der Waals surface area contributed by atoms with Gasteiger partial charge in [0.05, 0.1) is 4.90 Å². The average molecular weight is 311 g/mol. The summed E-state index contributed by atoms with van der Waals surface area (Å²) >= 11 is 0. The third kappa shape index (κ3) is 3.63. The number of aliphatic carboxylic acids is 1. The van der Waals surface area contributed by atoms with E-state index >= 15 is 0 Å². The van der Waals surface area contributed by atoms with E-state index in [0.717, 1.165) is 24.9 Å². The Labute approximate surface area is 125 Å². The first-order valence-corrected chi connectivity index (χ1v) is 8.98. The van der Waals surface area contributed by atoms with Crippen molar-refractivity contribution in [1.29, 1.82) is 0 Å². The van der Waals surface area contributed by atoms with Gasteiger partial charge in [-0.25, -0.2) is 8.42 Å². The van der Waals surface area contributed by atoms with Gasteiger partial charge in [0.2, 0.25) is 0 Å². The SMILES string of the molecule is CC(c1ccc(S(C)(=O)=O)cc1)N1CCCCC1C(=O)O. The molecule has 1 aromatic carbocycles. The Morgan fingerprint density at radius 2 is 1.90 bits per heavy atom. The predicted octanol–water partition coefficient (Wildman–Crippen LogP) is 2.09. The topological polar surface area (TPSA) is 74.7 Å². The van der Waals surface area contributed by atoms with Crippen molar-refractivity contribution in [3.8, 4) is 0 Å². The lowest BCUT2D eigenvalue weighted by atomic mass is 9.97. The van der Waals surface area contributed by atoms with Crippen molar-refractivity contribution in [3.63, 3.8) is 0 Å². The molecule has 0 aromatic heterocycles. The van der Waals surface area contributed by atoms with Crippen LogP contribution in [0.25, 0.3) is 0 Å². The maximum absolute atomic E-state index is 11.5. The van der Waals surface area contributed by atoms with Crippen molar-refractivity contribution in [3.05, 3.63) is 29.8 Å². The number of rotatable bonds is 4. The number of carboxylic acids is 1. The zero-order valence-electron chi connectivity index (χ0n) is 12.3. The Hall–Kier alpha value is -1.40. The Balaban J connectivity index is 2.22. The molecule has 2 unspecified atom stereocenters. The van der Waals surface area contributed by atoms with Crippen LogP contribution in [0.4, 0.5) is 0 Å². The lowest BCUT2D eigenvalue weighted by molar-refractivity contribution is -0.145. The Bertz CT molecular complexity index is 609. The Kier molecular flexibility index (Phi) is 4.68. The summed E-state index contributed by atoms with van der Waals surface area (Å²) in [6.45, 7) is 2.72. The largest absolute Gasteiger partial charge is 0.480 e. The molecule has 1 aliphatic heterocycles. The van der Waals surface area contributed by atoms with E-state index in [1.165, 1.54) is 6.26 Å². The van der Waals surface area contributed by atoms with Gasteiger partial charge >= 0.3 is 5.97 Å². The van der Waals surface area contributed by atoms with E-state index in [-0.39, 0.29) is 10.9 Å². The molecule has 1 aliphatic rings. The van der Waals surface area contributed by atoms with Crippen molar-refractivity contribution in [2.45, 2.75) is 43.2 Å². The normalized spacial score (nSPS) is 21.9. The second-order valence-electron chi connectivity index (χ2n) is 5.60. The number of nitrogens with zero attached hydrogens (tertiary/aromatic N) is 1. The molecule has 5 nitrogen and oxygen atoms in total. The summed E-state index contributed by atoms with van der Waals surface area (Å²) in [5, 5.41) is 9.33. The van der Waals surface area contributed by atoms with E-state index in [1.807, 2.05) is 11.8 Å². The number of carbonyl (C=O) groups is 1. The van der Waals surface area contributed by atoms with Gasteiger partial charge in [-0.3, -0.25) is 9.69 Å². The number of hydrogen-bond donors (Lipinski definition) is 1. The summed E-state index contributed by atoms with van der Waals surface area (Å²) in [5.41, 5.74) is 0.940. The molecule has 0 bridgehead atoms. The maximum Gasteiger partial charge on any atom is 0.320 e. The number of likely N-dealkylation sites (tertiary alicyclic amines) is 1. The van der Waals surface area contributed by atoms with Crippen molar-refractivity contribution in [2.24, 2.45) is 0 Å². The quantitative estimate of drug-likeness (QED) is 0.921. The van der Waals surface area contributed by atoms with Gasteiger partial charge < -0.3 is 5.11 Å². The monoisotopic (exact) mass is 311 g/mol. The van der Waals surface area contributed by atoms with Gasteiger partial charge in [0, 0.05) is 12.3 Å². The van der Waals surface area contributed by atoms with E-state index in [2.05, 4.69) is 0 Å². The molecular formula is C15H21NO4S. The molecule has 1 aromatic rings. The minimum atomic E-state index is -3.20. The molecule has 1 heterocycles. The summed E-state index contributed by atoms with van der Waals surface area (Å²) in [5.74, 6) is -0.783. The zero-order chi connectivity index (χ0) is 15.6. The number of benzene rings is 1. The summed E-state index contributed by atoms with van der Waals surface area (Å²) in [6, 6.07) is 6.22. The van der Waals surface area contributed by atoms with Crippen molar-refractivity contribution < 1.29 is 18.3 Å². The van der Waals surface area contributed by atoms with Crippen molar-refractivity contribution >= 4 is 15.8 Å². The smallest absolute Gasteiger partial charge is 0.320 e. The van der Waals surface area contributed by atoms with Gasteiger partial charge in [-0.05, 0) is 44.0 Å². The molecule has 0 saturated carbocycles. The van der Waals surface area contributed by atoms with Gasteiger partial charge in [0.25, 0.3) is 0 Å². The van der Waals surface area contributed by atoms with E-state index in [1.54, 1.807) is 24.3 Å². The Morgan fingerprint density at radius 3 is 2.43 bits per heavy atom. The zero-order valence-corrected chi connectivity index (χ0v) is 13.1. The maximum atomic E-state index is 11.5. The van der Waals surface area contributed by atoms with Crippen LogP contribution >= 0.6 is 0 Å². The Morgan fingerprint density at radius 1 is 1.29 bits per heavy atom. The van der Waals surface area contributed by atoms with Crippen LogP contribution in [0.1, 0.15) is 37.8 Å². The number of piperidine rings is 1. The molecular weight excluding hydrogens is 290 g/mol. The first kappa shape index (κ1) is 16.0. The molecule has 1 N–H and O–H groups in total. The summed E-state index contributed by atoms with van der Waals surface area (Å²) in [7, 11) is -3.20. The number of hydrogen-bond acceptors (Lipinski definition) is 4. The van der Waals surface area contributed by atoms with Crippen LogP contribution in [0.5, 0.6) is 0 Å². The molecule has 0 amide bonds. The lowest BCUT2D eigenvalue weighted by Gasteiger charge is -2.37. The summed E-state index contributed by atoms with van der Waals surface area (Å²) in [4.78, 5) is 13.6. The standard InChI is InChI=1S/C15H21NO4S/c1-11(16-10-4-3-5-14(16)15(17)18)12-6-8-13(9-7-12)21(2,19)20/h6-9,11,14H,3-5,10H2,1-2H3,(H,17,18). The first-order valence-electron chi connectivity index (χ1n) is 7.09. The summed E-state index contributed by atoms with van der Waals surface area (Å²) in [6.07, 6.45) is 3.78. The minimum Gasteiger partial charge on any atom is -0.480 e. The van der Waals surface area contributed by atoms with Gasteiger partial charge in [-0.2, -0.15) is 0 Å². The molecule has 21 heavy (non-hydrogen) atoms. The molecule has 0 radical (unpaired) electrons. The predicted molar refractivity (Wildman–Crippen MR) is 79.9 cm³/mol. The third-order valence-corrected chi connectivity index (χ3v) is 5.25. The van der Waals surface area contributed by atoms with Gasteiger partial charge in [0.15, 0.2) is 9.84 Å². The van der Waals surface area contributed by atoms with Crippen LogP contribution in [0.2, 0.25) is 0 Å². The van der Waals surface area contributed by atoms with E-state index in [9.17, 15) is 18.3 Å². The molecule has 1 fully saturated rings. The van der Waals surface area contributed by atoms with Gasteiger partial charge in [-0.15, -0.1) is 0 Å². The molecule has 0 spiro atoms. The van der Waals surface area contributed by atoms with Crippen LogP contribution in [0.15, 0.2) is 29.2 Å². The van der Waals surface area contributed by atoms with E-state index in [0.29, 0.717) is 6.42 Å². The fourth-order valence-corrected chi connectivity index (χ4v) is 3.50. The fourth-order valence-electron chi connectivity index (χ4n) is 2.87. The van der Waals surface area contributed by atoms with Crippen molar-refractivity contribution in [2.75, 3.05) is 12.8 Å². The van der Waals surface area contributed by atoms with Crippen LogP contribution in [-0.4, -0.2) is 43.2 Å². The highest BCUT2D eigenvalue weighted by molar-refractivity contribution is 7.90. The third-order valence-electron chi connectivity index (χ3n) is 4.12. The van der Waals surface area contributed by atoms with E-state index in [4.69, 9.17) is 0 Å². The van der Waals surface area contributed by atoms with Gasteiger partial charge in [-0.1, -0.05) is 18.6 Å². The molecule has 6 heteroatoms. The second kappa shape index (κ2) is 6.15. The van der Waals surface area contributed by atoms with Crippen molar-refractivity contribution in [1.82, 2.24) is 4.90 Å². The summed E-state index contributed by atoms with van der Waals surface area (Å²) < 4.78 is 22.9. The molecule has 116 valence electrons. The highest BCUT2D eigenvalue weighted by Gasteiger charge is 2.32. The van der Waals surface area contributed by atoms with Crippen LogP contribution in [0.3, 0.4) is 0 Å². The highest BCUT2D eigenvalue weighted by atomic mass is 32.2. The fraction of sp³-hybridized carbons (Fsp3) is 0.533. The van der Waals surface area contributed by atoms with Crippen LogP contribution in [0, 0.1) is 0 Å². The van der Waals surface area contributed by atoms with E-state index < -0.39 is 21.8 Å².